The molecular formula is C14H16BrClFNO. The van der Waals surface area contributed by atoms with Gasteiger partial charge in [-0.15, -0.1) is 0 Å². The number of hydrogen-bond acceptors (Lipinski definition) is 1. The van der Waals surface area contributed by atoms with Crippen molar-refractivity contribution in [1.82, 2.24) is 5.32 Å². The van der Waals surface area contributed by atoms with Crippen LogP contribution in [0, 0.1) is 11.7 Å². The average molecular weight is 349 g/mol. The monoisotopic (exact) mass is 347 g/mol. The highest BCUT2D eigenvalue weighted by atomic mass is 79.9. The molecule has 1 amide bonds. The number of halogens is 3. The van der Waals surface area contributed by atoms with Crippen LogP contribution >= 0.6 is 27.5 Å². The van der Waals surface area contributed by atoms with Crippen LogP contribution in [0.1, 0.15) is 36.0 Å². The lowest BCUT2D eigenvalue weighted by molar-refractivity contribution is 0.0911. The molecule has 1 saturated carbocycles. The Bertz CT molecular complexity index is 469. The van der Waals surface area contributed by atoms with E-state index in [2.05, 4.69) is 21.2 Å². The Kier molecular flexibility index (Phi) is 5.22. The average Bonchev–Trinajstić information content (AvgIpc) is 2.42. The molecule has 1 aliphatic rings. The molecule has 0 spiro atoms. The number of hydrogen-bond donors (Lipinski definition) is 1. The second-order valence-corrected chi connectivity index (χ2v) is 5.96. The summed E-state index contributed by atoms with van der Waals surface area (Å²) in [4.78, 5) is 12.1. The zero-order valence-electron chi connectivity index (χ0n) is 10.5. The molecule has 1 aromatic carbocycles. The predicted octanol–water partition coefficient (Wildman–Crippen LogP) is 4.16. The van der Waals surface area contributed by atoms with Gasteiger partial charge in [0.05, 0.1) is 5.02 Å². The first-order chi connectivity index (χ1) is 9.11. The van der Waals surface area contributed by atoms with Gasteiger partial charge < -0.3 is 5.32 Å². The highest BCUT2D eigenvalue weighted by molar-refractivity contribution is 9.09. The van der Waals surface area contributed by atoms with Crippen molar-refractivity contribution in [2.75, 3.05) is 5.33 Å². The number of alkyl halides is 1. The highest BCUT2D eigenvalue weighted by Crippen LogP contribution is 2.26. The standard InChI is InChI=1S/C14H16BrClFNO/c15-8-10-3-1-2-4-13(10)18-14(19)9-5-6-11(16)12(17)7-9/h5-7,10,13H,1-4,8H2,(H,18,19). The van der Waals surface area contributed by atoms with Gasteiger partial charge in [-0.25, -0.2) is 4.39 Å². The van der Waals surface area contributed by atoms with E-state index >= 15 is 0 Å². The molecule has 2 rings (SSSR count). The number of rotatable bonds is 3. The zero-order valence-corrected chi connectivity index (χ0v) is 12.8. The summed E-state index contributed by atoms with van der Waals surface area (Å²) in [6.07, 6.45) is 4.44. The van der Waals surface area contributed by atoms with E-state index in [0.717, 1.165) is 24.6 Å². The van der Waals surface area contributed by atoms with Gasteiger partial charge in [-0.05, 0) is 37.0 Å². The Morgan fingerprint density at radius 3 is 2.84 bits per heavy atom. The molecule has 1 aromatic rings. The van der Waals surface area contributed by atoms with Crippen LogP contribution in [0.15, 0.2) is 18.2 Å². The van der Waals surface area contributed by atoms with Crippen molar-refractivity contribution in [2.24, 2.45) is 5.92 Å². The summed E-state index contributed by atoms with van der Waals surface area (Å²) in [5.41, 5.74) is 0.320. The molecule has 104 valence electrons. The summed E-state index contributed by atoms with van der Waals surface area (Å²) in [5.74, 6) is -0.335. The molecule has 1 N–H and O–H groups in total. The second kappa shape index (κ2) is 6.71. The minimum absolute atomic E-state index is 0.0348. The fraction of sp³-hybridized carbons (Fsp3) is 0.500. The molecule has 0 bridgehead atoms. The van der Waals surface area contributed by atoms with E-state index in [4.69, 9.17) is 11.6 Å². The fourth-order valence-corrected chi connectivity index (χ4v) is 3.36. The number of benzene rings is 1. The van der Waals surface area contributed by atoms with Crippen molar-refractivity contribution >= 4 is 33.4 Å². The largest absolute Gasteiger partial charge is 0.349 e. The van der Waals surface area contributed by atoms with Gasteiger partial charge in [-0.1, -0.05) is 40.4 Å². The third kappa shape index (κ3) is 3.69. The van der Waals surface area contributed by atoms with Gasteiger partial charge in [-0.3, -0.25) is 4.79 Å². The van der Waals surface area contributed by atoms with Crippen LogP contribution in [0.4, 0.5) is 4.39 Å². The summed E-state index contributed by atoms with van der Waals surface area (Å²) >= 11 is 9.10. The Morgan fingerprint density at radius 2 is 2.16 bits per heavy atom. The molecule has 19 heavy (non-hydrogen) atoms. The number of amides is 1. The van der Waals surface area contributed by atoms with E-state index < -0.39 is 5.82 Å². The summed E-state index contributed by atoms with van der Waals surface area (Å²) in [6, 6.07) is 4.31. The van der Waals surface area contributed by atoms with Gasteiger partial charge in [0.2, 0.25) is 0 Å². The lowest BCUT2D eigenvalue weighted by Gasteiger charge is -2.31. The second-order valence-electron chi connectivity index (χ2n) is 4.91. The maximum absolute atomic E-state index is 13.3. The van der Waals surface area contributed by atoms with E-state index in [-0.39, 0.29) is 17.0 Å². The topological polar surface area (TPSA) is 29.1 Å². The Balaban J connectivity index is 2.05. The molecule has 0 heterocycles. The summed E-state index contributed by atoms with van der Waals surface area (Å²) in [5, 5.41) is 3.92. The van der Waals surface area contributed by atoms with Crippen molar-refractivity contribution in [2.45, 2.75) is 31.7 Å². The van der Waals surface area contributed by atoms with Gasteiger partial charge in [0.25, 0.3) is 5.91 Å². The Labute approximate surface area is 125 Å². The van der Waals surface area contributed by atoms with Crippen LogP contribution in [0.25, 0.3) is 0 Å². The first-order valence-corrected chi connectivity index (χ1v) is 7.93. The fourth-order valence-electron chi connectivity index (χ4n) is 2.47. The number of nitrogens with one attached hydrogen (secondary N) is 1. The molecular weight excluding hydrogens is 333 g/mol. The van der Waals surface area contributed by atoms with Crippen LogP contribution < -0.4 is 5.32 Å². The molecule has 2 nitrogen and oxygen atoms in total. The van der Waals surface area contributed by atoms with Crippen LogP contribution in [0.5, 0.6) is 0 Å². The van der Waals surface area contributed by atoms with Crippen LogP contribution in [-0.2, 0) is 0 Å². The van der Waals surface area contributed by atoms with Gasteiger partial charge in [0, 0.05) is 16.9 Å². The molecule has 2 atom stereocenters. The molecule has 2 unspecified atom stereocenters. The quantitative estimate of drug-likeness (QED) is 0.816. The summed E-state index contributed by atoms with van der Waals surface area (Å²) < 4.78 is 13.3. The summed E-state index contributed by atoms with van der Waals surface area (Å²) in [7, 11) is 0. The molecule has 1 aliphatic carbocycles. The maximum Gasteiger partial charge on any atom is 0.251 e. The first kappa shape index (κ1) is 14.8. The minimum atomic E-state index is -0.560. The van der Waals surface area contributed by atoms with Gasteiger partial charge in [0.15, 0.2) is 0 Å². The van der Waals surface area contributed by atoms with Crippen molar-refractivity contribution in [3.63, 3.8) is 0 Å². The third-order valence-electron chi connectivity index (χ3n) is 3.61. The minimum Gasteiger partial charge on any atom is -0.349 e. The van der Waals surface area contributed by atoms with E-state index in [1.54, 1.807) is 6.07 Å². The van der Waals surface area contributed by atoms with Crippen LogP contribution in [0.2, 0.25) is 5.02 Å². The highest BCUT2D eigenvalue weighted by Gasteiger charge is 2.26. The predicted molar refractivity (Wildman–Crippen MR) is 78.4 cm³/mol. The molecule has 0 aliphatic heterocycles. The van der Waals surface area contributed by atoms with Crippen molar-refractivity contribution in [1.29, 1.82) is 0 Å². The number of carbonyl (C=O) groups excluding carboxylic acids is 1. The van der Waals surface area contributed by atoms with Crippen molar-refractivity contribution in [3.8, 4) is 0 Å². The van der Waals surface area contributed by atoms with Crippen molar-refractivity contribution < 1.29 is 9.18 Å². The van der Waals surface area contributed by atoms with Crippen molar-refractivity contribution in [3.05, 3.63) is 34.6 Å². The molecule has 0 radical (unpaired) electrons. The zero-order chi connectivity index (χ0) is 13.8. The Hall–Kier alpha value is -0.610. The Morgan fingerprint density at radius 1 is 1.42 bits per heavy atom. The smallest absolute Gasteiger partial charge is 0.251 e. The van der Waals surface area contributed by atoms with Gasteiger partial charge >= 0.3 is 0 Å². The molecule has 1 fully saturated rings. The lowest BCUT2D eigenvalue weighted by atomic mass is 9.86. The summed E-state index contributed by atoms with van der Waals surface area (Å²) in [6.45, 7) is 0. The normalized spacial score (nSPS) is 23.1. The first-order valence-electron chi connectivity index (χ1n) is 6.43. The third-order valence-corrected chi connectivity index (χ3v) is 4.74. The number of carbonyl (C=O) groups is 1. The lowest BCUT2D eigenvalue weighted by Crippen LogP contribution is -2.42. The van der Waals surface area contributed by atoms with E-state index in [0.29, 0.717) is 11.5 Å². The van der Waals surface area contributed by atoms with E-state index in [1.807, 2.05) is 0 Å². The van der Waals surface area contributed by atoms with E-state index in [9.17, 15) is 9.18 Å². The maximum atomic E-state index is 13.3. The van der Waals surface area contributed by atoms with Crippen LogP contribution in [0.3, 0.4) is 0 Å². The van der Waals surface area contributed by atoms with E-state index in [1.165, 1.54) is 18.6 Å². The molecule has 0 saturated heterocycles. The molecule has 0 aromatic heterocycles. The SMILES string of the molecule is O=C(NC1CCCCC1CBr)c1ccc(Cl)c(F)c1. The van der Waals surface area contributed by atoms with Gasteiger partial charge in [-0.2, -0.15) is 0 Å². The molecule has 5 heteroatoms. The van der Waals surface area contributed by atoms with Gasteiger partial charge in [0.1, 0.15) is 5.82 Å². The van der Waals surface area contributed by atoms with Crippen LogP contribution in [-0.4, -0.2) is 17.3 Å².